The van der Waals surface area contributed by atoms with Crippen molar-refractivity contribution in [1.29, 1.82) is 0 Å². The molecule has 0 atom stereocenters. The summed E-state index contributed by atoms with van der Waals surface area (Å²) in [6.45, 7) is 3.91. The lowest BCUT2D eigenvalue weighted by atomic mass is 10.2. The summed E-state index contributed by atoms with van der Waals surface area (Å²) in [5, 5.41) is 0.618. The molecule has 0 amide bonds. The van der Waals surface area contributed by atoms with Gasteiger partial charge in [0.05, 0.1) is 15.5 Å². The van der Waals surface area contributed by atoms with E-state index < -0.39 is 20.0 Å². The maximum Gasteiger partial charge on any atom is 0.277 e. The van der Waals surface area contributed by atoms with Crippen LogP contribution in [0.25, 0.3) is 0 Å². The van der Waals surface area contributed by atoms with Crippen molar-refractivity contribution in [1.82, 2.24) is 0 Å². The van der Waals surface area contributed by atoms with Gasteiger partial charge >= 0.3 is 0 Å². The molecular formula is C27H24ClNO5S2. The Bertz CT molecular complexity index is 1470. The van der Waals surface area contributed by atoms with E-state index in [2.05, 4.69) is 0 Å². The molecule has 186 valence electrons. The molecule has 4 rings (SSSR count). The fourth-order valence-electron chi connectivity index (χ4n) is 3.43. The molecule has 0 aliphatic carbocycles. The number of aryl methyl sites for hydroxylation is 2. The van der Waals surface area contributed by atoms with E-state index in [4.69, 9.17) is 16.3 Å². The molecule has 0 bridgehead atoms. The zero-order chi connectivity index (χ0) is 25.9. The number of anilines is 1. The van der Waals surface area contributed by atoms with Gasteiger partial charge in [-0.2, -0.15) is 3.71 Å². The van der Waals surface area contributed by atoms with Crippen LogP contribution < -0.4 is 8.45 Å². The number of benzene rings is 4. The van der Waals surface area contributed by atoms with E-state index >= 15 is 0 Å². The molecule has 0 aromatic heterocycles. The van der Waals surface area contributed by atoms with Crippen molar-refractivity contribution < 1.29 is 21.6 Å². The summed E-state index contributed by atoms with van der Waals surface area (Å²) < 4.78 is 60.9. The number of hydrogen-bond donors (Lipinski definition) is 0. The molecule has 0 radical (unpaired) electrons. The van der Waals surface area contributed by atoms with Crippen LogP contribution in [0.3, 0.4) is 0 Å². The van der Waals surface area contributed by atoms with Crippen LogP contribution in [0, 0.1) is 13.8 Å². The van der Waals surface area contributed by atoms with Gasteiger partial charge in [0, 0.05) is 5.02 Å². The monoisotopic (exact) mass is 541 g/mol. The van der Waals surface area contributed by atoms with E-state index in [0.717, 1.165) is 16.7 Å². The summed E-state index contributed by atoms with van der Waals surface area (Å²) in [5.74, 6) is 0.453. The first kappa shape index (κ1) is 25.8. The third-order valence-corrected chi connectivity index (χ3v) is 9.90. The lowest BCUT2D eigenvalue weighted by Crippen LogP contribution is -2.37. The molecule has 4 aromatic carbocycles. The zero-order valence-electron chi connectivity index (χ0n) is 19.6. The van der Waals surface area contributed by atoms with Crippen LogP contribution in [0.5, 0.6) is 5.75 Å². The highest BCUT2D eigenvalue weighted by molar-refractivity contribution is 8.10. The number of halogens is 1. The molecule has 0 N–H and O–H groups in total. The summed E-state index contributed by atoms with van der Waals surface area (Å²) in [4.78, 5) is -0.265. The minimum absolute atomic E-state index is 0.0324. The van der Waals surface area contributed by atoms with Gasteiger partial charge in [0.2, 0.25) is 0 Å². The van der Waals surface area contributed by atoms with Gasteiger partial charge in [0.1, 0.15) is 12.4 Å². The average Bonchev–Trinajstić information content (AvgIpc) is 2.85. The summed E-state index contributed by atoms with van der Waals surface area (Å²) in [5.41, 5.74) is 2.57. The molecule has 0 heterocycles. The second-order valence-electron chi connectivity index (χ2n) is 8.24. The first-order chi connectivity index (χ1) is 17.1. The molecule has 0 saturated heterocycles. The Morgan fingerprint density at radius 2 is 1.08 bits per heavy atom. The van der Waals surface area contributed by atoms with Gasteiger partial charge < -0.3 is 4.74 Å². The lowest BCUT2D eigenvalue weighted by molar-refractivity contribution is 0.306. The Morgan fingerprint density at radius 1 is 0.639 bits per heavy atom. The van der Waals surface area contributed by atoms with Gasteiger partial charge in [-0.3, -0.25) is 0 Å². The van der Waals surface area contributed by atoms with Crippen LogP contribution >= 0.6 is 11.6 Å². The smallest absolute Gasteiger partial charge is 0.277 e. The highest BCUT2D eigenvalue weighted by Crippen LogP contribution is 2.32. The second-order valence-corrected chi connectivity index (χ2v) is 12.5. The molecule has 0 aliphatic heterocycles. The van der Waals surface area contributed by atoms with E-state index in [-0.39, 0.29) is 22.1 Å². The largest absolute Gasteiger partial charge is 0.489 e. The summed E-state index contributed by atoms with van der Waals surface area (Å²) in [6.07, 6.45) is 0. The molecule has 36 heavy (non-hydrogen) atoms. The predicted octanol–water partition coefficient (Wildman–Crippen LogP) is 6.12. The van der Waals surface area contributed by atoms with Crippen molar-refractivity contribution in [2.24, 2.45) is 0 Å². The number of rotatable bonds is 8. The highest BCUT2D eigenvalue weighted by atomic mass is 35.5. The number of ether oxygens (including phenoxy) is 1. The van der Waals surface area contributed by atoms with Gasteiger partial charge in [-0.05, 0) is 80.1 Å². The van der Waals surface area contributed by atoms with E-state index in [1.54, 1.807) is 36.4 Å². The molecule has 0 fully saturated rings. The number of hydrogen-bond acceptors (Lipinski definition) is 5. The Kier molecular flexibility index (Phi) is 7.40. The van der Waals surface area contributed by atoms with Crippen molar-refractivity contribution in [3.8, 4) is 5.75 Å². The van der Waals surface area contributed by atoms with Gasteiger partial charge in [-0.25, -0.2) is 16.8 Å². The van der Waals surface area contributed by atoms with Crippen molar-refractivity contribution in [3.05, 3.63) is 119 Å². The normalized spacial score (nSPS) is 11.8. The molecule has 9 heteroatoms. The Balaban J connectivity index is 1.72. The first-order valence-corrected chi connectivity index (χ1v) is 14.2. The van der Waals surface area contributed by atoms with Crippen LogP contribution in [-0.2, 0) is 26.7 Å². The molecular weight excluding hydrogens is 518 g/mol. The van der Waals surface area contributed by atoms with Gasteiger partial charge in [-0.1, -0.05) is 59.1 Å². The number of sulfonamides is 2. The van der Waals surface area contributed by atoms with Gasteiger partial charge in [0.15, 0.2) is 0 Å². The second kappa shape index (κ2) is 10.3. The summed E-state index contributed by atoms with van der Waals surface area (Å²) in [7, 11) is -8.93. The fraction of sp³-hybridized carbons (Fsp3) is 0.111. The Hall–Kier alpha value is -3.33. The summed E-state index contributed by atoms with van der Waals surface area (Å²) >= 11 is 5.91. The van der Waals surface area contributed by atoms with Gasteiger partial charge in [0.25, 0.3) is 20.0 Å². The third kappa shape index (κ3) is 5.56. The standard InChI is InChI=1S/C27H24ClNO5S2/c1-20-3-15-26(16-4-20)35(30,31)29(36(32,33)27-17-5-21(2)6-18-27)24-11-13-25(14-12-24)34-19-22-7-9-23(28)10-8-22/h3-18H,19H2,1-2H3. The third-order valence-electron chi connectivity index (χ3n) is 5.44. The van der Waals surface area contributed by atoms with Crippen LogP contribution in [0.15, 0.2) is 107 Å². The molecule has 0 aliphatic rings. The van der Waals surface area contributed by atoms with Crippen LogP contribution in [0.2, 0.25) is 5.02 Å². The molecule has 4 aromatic rings. The average molecular weight is 542 g/mol. The summed E-state index contributed by atoms with van der Waals surface area (Å²) in [6, 6.07) is 25.1. The van der Waals surface area contributed by atoms with Crippen LogP contribution in [0.1, 0.15) is 16.7 Å². The maximum absolute atomic E-state index is 13.7. The SMILES string of the molecule is Cc1ccc(S(=O)(=O)N(c2ccc(OCc3ccc(Cl)cc3)cc2)S(=O)(=O)c2ccc(C)cc2)cc1. The van der Waals surface area contributed by atoms with E-state index in [9.17, 15) is 16.8 Å². The van der Waals surface area contributed by atoms with Gasteiger partial charge in [-0.15, -0.1) is 0 Å². The Labute approximate surface area is 216 Å². The van der Waals surface area contributed by atoms with E-state index in [1.165, 1.54) is 48.5 Å². The highest BCUT2D eigenvalue weighted by Gasteiger charge is 2.37. The Morgan fingerprint density at radius 3 is 1.53 bits per heavy atom. The first-order valence-electron chi connectivity index (χ1n) is 11.0. The predicted molar refractivity (Wildman–Crippen MR) is 141 cm³/mol. The topological polar surface area (TPSA) is 80.8 Å². The minimum atomic E-state index is -4.47. The number of nitrogens with zero attached hydrogens (tertiary/aromatic N) is 1. The van der Waals surface area contributed by atoms with Crippen molar-refractivity contribution >= 4 is 37.3 Å². The molecule has 0 saturated carbocycles. The van der Waals surface area contributed by atoms with Crippen LogP contribution in [-0.4, -0.2) is 16.8 Å². The van der Waals surface area contributed by atoms with Crippen molar-refractivity contribution in [2.75, 3.05) is 3.71 Å². The molecule has 6 nitrogen and oxygen atoms in total. The molecule has 0 unspecified atom stereocenters. The van der Waals surface area contributed by atoms with Crippen molar-refractivity contribution in [2.45, 2.75) is 30.2 Å². The van der Waals surface area contributed by atoms with Crippen molar-refractivity contribution in [3.63, 3.8) is 0 Å². The fourth-order valence-corrected chi connectivity index (χ4v) is 7.25. The lowest BCUT2D eigenvalue weighted by Gasteiger charge is -2.24. The quantitative estimate of drug-likeness (QED) is 0.268. The zero-order valence-corrected chi connectivity index (χ0v) is 22.0. The van der Waals surface area contributed by atoms with E-state index in [1.807, 2.05) is 26.0 Å². The van der Waals surface area contributed by atoms with E-state index in [0.29, 0.717) is 14.5 Å². The van der Waals surface area contributed by atoms with Crippen LogP contribution in [0.4, 0.5) is 5.69 Å². The molecule has 0 spiro atoms. The minimum Gasteiger partial charge on any atom is -0.489 e. The maximum atomic E-state index is 13.7.